The second kappa shape index (κ2) is 11.1. The Balaban J connectivity index is 1.36. The molecule has 3 heterocycles. The molecule has 1 N–H and O–H groups in total. The van der Waals surface area contributed by atoms with Crippen LogP contribution in [0.15, 0.2) is 73.1 Å². The van der Waals surface area contributed by atoms with Crippen LogP contribution in [-0.2, 0) is 4.74 Å². The van der Waals surface area contributed by atoms with Gasteiger partial charge in [0.15, 0.2) is 0 Å². The van der Waals surface area contributed by atoms with E-state index in [-0.39, 0.29) is 12.1 Å². The van der Waals surface area contributed by atoms with Crippen LogP contribution < -0.4 is 10.1 Å². The van der Waals surface area contributed by atoms with Crippen molar-refractivity contribution in [3.63, 3.8) is 0 Å². The molecule has 1 aromatic heterocycles. The van der Waals surface area contributed by atoms with Gasteiger partial charge in [-0.3, -0.25) is 9.88 Å². The predicted molar refractivity (Wildman–Crippen MR) is 141 cm³/mol. The molecule has 2 aliphatic rings. The Hall–Kier alpha value is -3.42. The lowest BCUT2D eigenvalue weighted by atomic mass is 9.74. The van der Waals surface area contributed by atoms with E-state index in [0.29, 0.717) is 25.1 Å². The predicted octanol–water partition coefficient (Wildman–Crippen LogP) is 4.87. The van der Waals surface area contributed by atoms with Crippen LogP contribution in [0.3, 0.4) is 0 Å². The van der Waals surface area contributed by atoms with E-state index in [2.05, 4.69) is 51.6 Å². The quantitative estimate of drug-likeness (QED) is 0.539. The number of hydrogen-bond donors (Lipinski definition) is 1. The van der Waals surface area contributed by atoms with Crippen molar-refractivity contribution in [2.75, 3.05) is 45.8 Å². The second-order valence-electron chi connectivity index (χ2n) is 9.53. The molecule has 2 aliphatic heterocycles. The molecule has 36 heavy (non-hydrogen) atoms. The molecule has 0 spiro atoms. The number of amides is 2. The van der Waals surface area contributed by atoms with Gasteiger partial charge in [0.2, 0.25) is 0 Å². The van der Waals surface area contributed by atoms with Gasteiger partial charge in [0.05, 0.1) is 13.7 Å². The SMILES string of the molecule is COC[C@@H]1[C@@H](c2ccc(-c3cccc(OC)c3)cc2)[C@@H]2CN(C(=O)Nc3ccncc3)CCCCN12. The molecule has 0 radical (unpaired) electrons. The molecule has 2 fully saturated rings. The number of ether oxygens (including phenoxy) is 2. The van der Waals surface area contributed by atoms with E-state index in [1.807, 2.05) is 29.2 Å². The summed E-state index contributed by atoms with van der Waals surface area (Å²) in [5.74, 6) is 1.16. The van der Waals surface area contributed by atoms with Gasteiger partial charge >= 0.3 is 6.03 Å². The number of pyridine rings is 1. The summed E-state index contributed by atoms with van der Waals surface area (Å²) in [5.41, 5.74) is 4.35. The number of methoxy groups -OCH3 is 2. The highest BCUT2D eigenvalue weighted by atomic mass is 16.5. The Labute approximate surface area is 213 Å². The van der Waals surface area contributed by atoms with Crippen molar-refractivity contribution in [3.8, 4) is 16.9 Å². The van der Waals surface area contributed by atoms with E-state index in [1.165, 1.54) is 5.56 Å². The summed E-state index contributed by atoms with van der Waals surface area (Å²) in [4.78, 5) is 21.7. The average molecular weight is 487 g/mol. The number of anilines is 1. The first-order valence-corrected chi connectivity index (χ1v) is 12.6. The molecule has 0 saturated carbocycles. The van der Waals surface area contributed by atoms with Crippen LogP contribution in [-0.4, -0.2) is 73.4 Å². The van der Waals surface area contributed by atoms with E-state index in [1.54, 1.807) is 26.6 Å². The summed E-state index contributed by atoms with van der Waals surface area (Å²) in [7, 11) is 3.46. The highest BCUT2D eigenvalue weighted by Crippen LogP contribution is 2.42. The lowest BCUT2D eigenvalue weighted by Crippen LogP contribution is -2.68. The topological polar surface area (TPSA) is 66.9 Å². The molecule has 3 aromatic rings. The number of carbonyl (C=O) groups is 1. The smallest absolute Gasteiger partial charge is 0.321 e. The molecule has 188 valence electrons. The molecule has 7 heteroatoms. The van der Waals surface area contributed by atoms with Gasteiger partial charge in [-0.1, -0.05) is 36.4 Å². The van der Waals surface area contributed by atoms with Gasteiger partial charge in [-0.25, -0.2) is 4.79 Å². The Morgan fingerprint density at radius 1 is 1.00 bits per heavy atom. The Morgan fingerprint density at radius 2 is 1.78 bits per heavy atom. The van der Waals surface area contributed by atoms with Gasteiger partial charge in [0.25, 0.3) is 0 Å². The summed E-state index contributed by atoms with van der Waals surface area (Å²) in [6.45, 7) is 3.18. The maximum absolute atomic E-state index is 13.2. The zero-order valence-electron chi connectivity index (χ0n) is 21.0. The fourth-order valence-electron chi connectivity index (χ4n) is 5.61. The minimum absolute atomic E-state index is 0.0506. The standard InChI is InChI=1S/C29H34N4O3/c1-35-20-27-28(22-10-8-21(9-11-22)23-6-5-7-25(18-23)36-2)26-19-32(16-3-4-17-33(26)27)29(34)31-24-12-14-30-15-13-24/h5-15,18,26-28H,3-4,16-17,19-20H2,1-2H3,(H,30,31,34)/t26-,27+,28-/m0/s1. The average Bonchev–Trinajstić information content (AvgIpc) is 2.90. The van der Waals surface area contributed by atoms with E-state index in [9.17, 15) is 4.79 Å². The molecule has 5 rings (SSSR count). The van der Waals surface area contributed by atoms with E-state index in [0.717, 1.165) is 48.5 Å². The van der Waals surface area contributed by atoms with Gasteiger partial charge in [-0.15, -0.1) is 0 Å². The van der Waals surface area contributed by atoms with Gasteiger partial charge in [-0.2, -0.15) is 0 Å². The number of urea groups is 1. The minimum Gasteiger partial charge on any atom is -0.497 e. The summed E-state index contributed by atoms with van der Waals surface area (Å²) in [5, 5.41) is 3.04. The molecule has 2 amide bonds. The molecule has 2 aromatic carbocycles. The van der Waals surface area contributed by atoms with Crippen molar-refractivity contribution in [1.29, 1.82) is 0 Å². The van der Waals surface area contributed by atoms with E-state index in [4.69, 9.17) is 9.47 Å². The lowest BCUT2D eigenvalue weighted by molar-refractivity contribution is -0.0663. The van der Waals surface area contributed by atoms with Crippen LogP contribution in [0, 0.1) is 0 Å². The largest absolute Gasteiger partial charge is 0.497 e. The van der Waals surface area contributed by atoms with Crippen LogP contribution >= 0.6 is 0 Å². The first-order valence-electron chi connectivity index (χ1n) is 12.6. The number of benzene rings is 2. The molecule has 3 atom stereocenters. The van der Waals surface area contributed by atoms with Crippen molar-refractivity contribution in [3.05, 3.63) is 78.6 Å². The molecular weight excluding hydrogens is 452 g/mol. The van der Waals surface area contributed by atoms with Crippen LogP contribution in [0.1, 0.15) is 24.3 Å². The van der Waals surface area contributed by atoms with Crippen LogP contribution in [0.5, 0.6) is 5.75 Å². The Kier molecular flexibility index (Phi) is 7.49. The number of aromatic nitrogens is 1. The van der Waals surface area contributed by atoms with Crippen molar-refractivity contribution in [1.82, 2.24) is 14.8 Å². The normalized spacial score (nSPS) is 22.1. The Morgan fingerprint density at radius 3 is 2.53 bits per heavy atom. The maximum Gasteiger partial charge on any atom is 0.321 e. The number of nitrogens with one attached hydrogen (secondary N) is 1. The summed E-state index contributed by atoms with van der Waals surface area (Å²) < 4.78 is 11.0. The van der Waals surface area contributed by atoms with Gasteiger partial charge in [-0.05, 0) is 60.3 Å². The highest BCUT2D eigenvalue weighted by molar-refractivity contribution is 5.89. The molecule has 0 bridgehead atoms. The number of rotatable bonds is 6. The van der Waals surface area contributed by atoms with Crippen LogP contribution in [0.4, 0.5) is 10.5 Å². The van der Waals surface area contributed by atoms with E-state index < -0.39 is 0 Å². The Bertz CT molecular complexity index is 1150. The second-order valence-corrected chi connectivity index (χ2v) is 9.53. The number of nitrogens with zero attached hydrogens (tertiary/aromatic N) is 3. The number of carbonyl (C=O) groups excluding carboxylic acids is 1. The summed E-state index contributed by atoms with van der Waals surface area (Å²) in [6.07, 6.45) is 5.44. The van der Waals surface area contributed by atoms with Crippen molar-refractivity contribution in [2.24, 2.45) is 0 Å². The zero-order valence-corrected chi connectivity index (χ0v) is 21.0. The third-order valence-corrected chi connectivity index (χ3v) is 7.44. The van der Waals surface area contributed by atoms with Crippen LogP contribution in [0.25, 0.3) is 11.1 Å². The van der Waals surface area contributed by atoms with E-state index >= 15 is 0 Å². The third-order valence-electron chi connectivity index (χ3n) is 7.44. The maximum atomic E-state index is 13.2. The monoisotopic (exact) mass is 486 g/mol. The molecule has 7 nitrogen and oxygen atoms in total. The first kappa shape index (κ1) is 24.3. The number of fused-ring (bicyclic) bond motifs is 1. The van der Waals surface area contributed by atoms with Gasteiger partial charge < -0.3 is 19.7 Å². The fraction of sp³-hybridized carbons (Fsp3) is 0.379. The van der Waals surface area contributed by atoms with Gasteiger partial charge in [0, 0.05) is 56.3 Å². The van der Waals surface area contributed by atoms with Crippen molar-refractivity contribution in [2.45, 2.75) is 30.8 Å². The lowest BCUT2D eigenvalue weighted by Gasteiger charge is -2.57. The fourth-order valence-corrected chi connectivity index (χ4v) is 5.61. The minimum atomic E-state index is -0.0506. The third kappa shape index (κ3) is 5.08. The first-order chi connectivity index (χ1) is 17.7. The summed E-state index contributed by atoms with van der Waals surface area (Å²) in [6, 6.07) is 21.1. The zero-order chi connectivity index (χ0) is 24.9. The molecule has 2 saturated heterocycles. The molecular formula is C29H34N4O3. The van der Waals surface area contributed by atoms with Crippen molar-refractivity contribution >= 4 is 11.7 Å². The molecule has 0 aliphatic carbocycles. The highest BCUT2D eigenvalue weighted by Gasteiger charge is 2.49. The molecule has 0 unspecified atom stereocenters. The van der Waals surface area contributed by atoms with Gasteiger partial charge in [0.1, 0.15) is 5.75 Å². The van der Waals surface area contributed by atoms with Crippen LogP contribution in [0.2, 0.25) is 0 Å². The number of hydrogen-bond acceptors (Lipinski definition) is 5. The summed E-state index contributed by atoms with van der Waals surface area (Å²) >= 11 is 0. The van der Waals surface area contributed by atoms with Crippen molar-refractivity contribution < 1.29 is 14.3 Å².